The molecule has 0 aliphatic carbocycles. The Labute approximate surface area is 335 Å². The molecule has 0 unspecified atom stereocenters. The van der Waals surface area contributed by atoms with E-state index in [1.165, 1.54) is 47.0 Å². The van der Waals surface area contributed by atoms with Crippen LogP contribution < -0.4 is 4.74 Å². The number of ether oxygens (including phenoxy) is 1. The lowest BCUT2D eigenvalue weighted by Crippen LogP contribution is -2.07. The SMILES string of the molecule is CC(C)Oc1cc(C(C)C)ccc1F.CC(C)c1ccc(Cl)cn1.CC(C)c1ccc(F)c(O)c1.CC(C)c1ccc(F)cc1.Cc1cccc(C(C)C)c1. The van der Waals surface area contributed by atoms with Gasteiger partial charge in [0.25, 0.3) is 0 Å². The summed E-state index contributed by atoms with van der Waals surface area (Å²) in [4.78, 5) is 4.15. The molecular weight excluding hydrogens is 715 g/mol. The van der Waals surface area contributed by atoms with Gasteiger partial charge in [0, 0.05) is 11.9 Å². The molecule has 1 N–H and O–H groups in total. The topological polar surface area (TPSA) is 42.4 Å². The molecule has 7 heteroatoms. The van der Waals surface area contributed by atoms with Crippen LogP contribution in [0.1, 0.15) is 146 Å². The molecule has 3 nitrogen and oxygen atoms in total. The molecule has 5 aromatic rings. The Hall–Kier alpha value is -4.29. The number of benzene rings is 4. The minimum atomic E-state index is -0.561. The third kappa shape index (κ3) is 19.7. The summed E-state index contributed by atoms with van der Waals surface area (Å²) in [7, 11) is 0. The minimum Gasteiger partial charge on any atom is -0.505 e. The van der Waals surface area contributed by atoms with E-state index in [0.29, 0.717) is 40.4 Å². The van der Waals surface area contributed by atoms with Crippen LogP contribution in [-0.2, 0) is 0 Å². The van der Waals surface area contributed by atoms with E-state index in [1.807, 2.05) is 52.0 Å². The first-order chi connectivity index (χ1) is 25.7. The molecule has 1 aromatic heterocycles. The lowest BCUT2D eigenvalue weighted by atomic mass is 10.0. The number of phenolic OH excluding ortho intramolecular Hbond substituents is 1. The molecule has 1 heterocycles. The van der Waals surface area contributed by atoms with Crippen LogP contribution >= 0.6 is 11.6 Å². The largest absolute Gasteiger partial charge is 0.505 e. The molecule has 0 aliphatic rings. The van der Waals surface area contributed by atoms with E-state index in [2.05, 4.69) is 91.6 Å². The molecule has 0 atom stereocenters. The number of pyridine rings is 1. The van der Waals surface area contributed by atoms with Gasteiger partial charge >= 0.3 is 0 Å². The fourth-order valence-corrected chi connectivity index (χ4v) is 4.83. The van der Waals surface area contributed by atoms with Crippen LogP contribution in [0, 0.1) is 24.4 Å². The summed E-state index contributed by atoms with van der Waals surface area (Å²) in [5, 5.41) is 9.67. The predicted octanol–water partition coefficient (Wildman–Crippen LogP) is 15.3. The Balaban J connectivity index is 0.000000346. The van der Waals surface area contributed by atoms with E-state index in [4.69, 9.17) is 21.4 Å². The number of aromatic nitrogens is 1. The lowest BCUT2D eigenvalue weighted by Gasteiger charge is -2.13. The Kier molecular flexibility index (Phi) is 22.1. The first-order valence-corrected chi connectivity index (χ1v) is 19.5. The zero-order valence-electron chi connectivity index (χ0n) is 35.1. The predicted molar refractivity (Wildman–Crippen MR) is 227 cm³/mol. The van der Waals surface area contributed by atoms with Gasteiger partial charge in [-0.15, -0.1) is 0 Å². The molecule has 0 aliphatic heterocycles. The fraction of sp³-hybridized carbons (Fsp3) is 0.396. The highest BCUT2D eigenvalue weighted by Crippen LogP contribution is 2.25. The van der Waals surface area contributed by atoms with Crippen LogP contribution in [-0.4, -0.2) is 16.2 Å². The van der Waals surface area contributed by atoms with Gasteiger partial charge in [-0.25, -0.2) is 13.2 Å². The molecule has 55 heavy (non-hydrogen) atoms. The second-order valence-electron chi connectivity index (χ2n) is 15.2. The van der Waals surface area contributed by atoms with Gasteiger partial charge in [0.15, 0.2) is 23.1 Å². The summed E-state index contributed by atoms with van der Waals surface area (Å²) in [6.07, 6.45) is 1.68. The molecule has 0 spiro atoms. The van der Waals surface area contributed by atoms with Crippen LogP contribution in [0.3, 0.4) is 0 Å². The van der Waals surface area contributed by atoms with Crippen LogP contribution in [0.2, 0.25) is 5.02 Å². The molecule has 4 aromatic carbocycles. The average Bonchev–Trinajstić information content (AvgIpc) is 3.11. The van der Waals surface area contributed by atoms with Gasteiger partial charge in [0.2, 0.25) is 0 Å². The third-order valence-corrected chi connectivity index (χ3v) is 8.43. The van der Waals surface area contributed by atoms with Crippen molar-refractivity contribution < 1.29 is 23.0 Å². The van der Waals surface area contributed by atoms with E-state index >= 15 is 0 Å². The first-order valence-electron chi connectivity index (χ1n) is 19.1. The second kappa shape index (κ2) is 25.0. The van der Waals surface area contributed by atoms with Crippen molar-refractivity contribution >= 4 is 11.6 Å². The van der Waals surface area contributed by atoms with Gasteiger partial charge < -0.3 is 9.84 Å². The standard InChI is InChI=1S/C12H17FO.C10H14.C9H11FO.C9H11F.C8H10ClN/c1-8(2)10-5-6-11(13)12(7-10)14-9(3)4;1-8(2)10-6-4-5-9(3)7-10;1-6(2)7-3-4-8(10)9(11)5-7;1-7(2)8-3-5-9(10)6-4-8;1-6(2)8-4-3-7(9)5-10-8/h5-9H,1-4H3;4-8H,1-3H3;3-6,11H,1-2H3;3-7H,1-2H3;3-6H,1-2H3. The third-order valence-electron chi connectivity index (χ3n) is 8.21. The Morgan fingerprint density at radius 1 is 0.545 bits per heavy atom. The maximum atomic E-state index is 13.3. The highest BCUT2D eigenvalue weighted by atomic mass is 35.5. The van der Waals surface area contributed by atoms with Crippen molar-refractivity contribution in [3.8, 4) is 11.5 Å². The van der Waals surface area contributed by atoms with Gasteiger partial charge in [-0.3, -0.25) is 4.98 Å². The minimum absolute atomic E-state index is 0.00640. The number of phenols is 1. The van der Waals surface area contributed by atoms with Crippen LogP contribution in [0.25, 0.3) is 0 Å². The molecule has 0 saturated carbocycles. The zero-order valence-corrected chi connectivity index (χ0v) is 35.8. The highest BCUT2D eigenvalue weighted by molar-refractivity contribution is 6.30. The quantitative estimate of drug-likeness (QED) is 0.179. The molecule has 0 amide bonds. The number of halogens is 4. The van der Waals surface area contributed by atoms with E-state index in [1.54, 1.807) is 24.4 Å². The monoisotopic (exact) mass is 777 g/mol. The summed E-state index contributed by atoms with van der Waals surface area (Å²) in [6.45, 7) is 26.9. The van der Waals surface area contributed by atoms with E-state index in [0.717, 1.165) is 16.8 Å². The van der Waals surface area contributed by atoms with Crippen molar-refractivity contribution in [2.75, 3.05) is 0 Å². The Morgan fingerprint density at radius 3 is 1.45 bits per heavy atom. The summed E-state index contributed by atoms with van der Waals surface area (Å²) < 4.78 is 43.5. The second-order valence-corrected chi connectivity index (χ2v) is 15.6. The molecular formula is C48H63ClF3NO2. The van der Waals surface area contributed by atoms with Crippen LogP contribution in [0.15, 0.2) is 103 Å². The number of hydrogen-bond donors (Lipinski definition) is 1. The van der Waals surface area contributed by atoms with Crippen molar-refractivity contribution in [2.45, 2.75) is 126 Å². The maximum absolute atomic E-state index is 13.3. The first kappa shape index (κ1) is 48.7. The molecule has 0 radical (unpaired) electrons. The van der Waals surface area contributed by atoms with Gasteiger partial charge in [0.1, 0.15) is 5.82 Å². The lowest BCUT2D eigenvalue weighted by molar-refractivity contribution is 0.231. The number of nitrogens with zero attached hydrogens (tertiary/aromatic N) is 1. The molecule has 300 valence electrons. The maximum Gasteiger partial charge on any atom is 0.165 e. The normalized spacial score (nSPS) is 10.6. The summed E-state index contributed by atoms with van der Waals surface area (Å²) in [5.41, 5.74) is 7.10. The molecule has 0 saturated heterocycles. The van der Waals surface area contributed by atoms with Gasteiger partial charge in [-0.05, 0) is 121 Å². The van der Waals surface area contributed by atoms with Crippen molar-refractivity contribution in [1.82, 2.24) is 4.98 Å². The Bertz CT molecular complexity index is 1750. The van der Waals surface area contributed by atoms with Crippen molar-refractivity contribution in [3.05, 3.63) is 159 Å². The summed E-state index contributed by atoms with van der Waals surface area (Å²) in [6, 6.07) is 28.6. The molecule has 0 fully saturated rings. The summed E-state index contributed by atoms with van der Waals surface area (Å²) in [5.74, 6) is 1.41. The van der Waals surface area contributed by atoms with E-state index < -0.39 is 5.82 Å². The van der Waals surface area contributed by atoms with Crippen molar-refractivity contribution in [3.63, 3.8) is 0 Å². The van der Waals surface area contributed by atoms with Gasteiger partial charge in [-0.1, -0.05) is 135 Å². The molecule has 0 bridgehead atoms. The Morgan fingerprint density at radius 2 is 1.04 bits per heavy atom. The van der Waals surface area contributed by atoms with Crippen molar-refractivity contribution in [2.24, 2.45) is 0 Å². The van der Waals surface area contributed by atoms with Gasteiger partial charge in [-0.2, -0.15) is 0 Å². The van der Waals surface area contributed by atoms with Crippen LogP contribution in [0.4, 0.5) is 13.2 Å². The number of aromatic hydroxyl groups is 1. The highest BCUT2D eigenvalue weighted by Gasteiger charge is 2.08. The molecule has 5 rings (SSSR count). The average molecular weight is 778 g/mol. The van der Waals surface area contributed by atoms with E-state index in [-0.39, 0.29) is 23.5 Å². The van der Waals surface area contributed by atoms with Crippen LogP contribution in [0.5, 0.6) is 11.5 Å². The smallest absolute Gasteiger partial charge is 0.165 e. The fourth-order valence-electron chi connectivity index (χ4n) is 4.72. The van der Waals surface area contributed by atoms with E-state index in [9.17, 15) is 13.2 Å². The number of hydrogen-bond acceptors (Lipinski definition) is 3. The van der Waals surface area contributed by atoms with Gasteiger partial charge in [0.05, 0.1) is 11.1 Å². The number of aryl methyl sites for hydroxylation is 1. The zero-order chi connectivity index (χ0) is 41.8. The van der Waals surface area contributed by atoms with Crippen molar-refractivity contribution in [1.29, 1.82) is 0 Å². The summed E-state index contributed by atoms with van der Waals surface area (Å²) >= 11 is 5.65. The number of rotatable bonds is 7.